The van der Waals surface area contributed by atoms with Crippen LogP contribution in [0.4, 0.5) is 0 Å². The normalized spacial score (nSPS) is 35.3. The number of benzene rings is 1. The average Bonchev–Trinajstić information content (AvgIpc) is 3.18. The number of rotatable bonds is 7. The monoisotopic (exact) mass is 500 g/mol. The summed E-state index contributed by atoms with van der Waals surface area (Å²) in [5, 5.41) is 20.3. The Morgan fingerprint density at radius 3 is 2.63 bits per heavy atom. The van der Waals surface area contributed by atoms with E-state index < -0.39 is 22.8 Å². The van der Waals surface area contributed by atoms with Crippen molar-refractivity contribution in [3.8, 4) is 0 Å². The Hall–Kier alpha value is -1.37. The molecule has 3 saturated carbocycles. The highest BCUT2D eigenvalue weighted by Crippen LogP contribution is 2.60. The molecule has 4 N–H and O–H groups in total. The lowest BCUT2D eigenvalue weighted by atomic mass is 9.61. The van der Waals surface area contributed by atoms with E-state index in [1.54, 1.807) is 0 Å². The molecule has 5 heteroatoms. The molecule has 0 heterocycles. The number of allylic oxidation sites excluding steroid dienone is 3. The Bertz CT molecular complexity index is 952. The first kappa shape index (κ1) is 26.7. The lowest BCUT2D eigenvalue weighted by Crippen LogP contribution is -2.36. The third-order valence-electron chi connectivity index (χ3n) is 9.20. The van der Waals surface area contributed by atoms with Crippen molar-refractivity contribution in [2.24, 2.45) is 23.2 Å². The van der Waals surface area contributed by atoms with E-state index in [0.717, 1.165) is 30.4 Å². The van der Waals surface area contributed by atoms with Gasteiger partial charge < -0.3 is 10.2 Å². The molecule has 3 aliphatic rings. The molecule has 0 spiro atoms. The molecule has 35 heavy (non-hydrogen) atoms. The van der Waals surface area contributed by atoms with Crippen molar-refractivity contribution in [1.82, 2.24) is 0 Å². The second-order valence-corrected chi connectivity index (χ2v) is 13.7. The predicted octanol–water partition coefficient (Wildman–Crippen LogP) is 7.35. The van der Waals surface area contributed by atoms with Gasteiger partial charge in [0.05, 0.1) is 17.1 Å². The van der Waals surface area contributed by atoms with Crippen LogP contribution in [-0.2, 0) is 0 Å². The zero-order valence-electron chi connectivity index (χ0n) is 21.4. The summed E-state index contributed by atoms with van der Waals surface area (Å²) in [4.78, 5) is 0.650. The van der Waals surface area contributed by atoms with Crippen molar-refractivity contribution in [1.29, 1.82) is 0 Å². The van der Waals surface area contributed by atoms with Crippen LogP contribution in [0.25, 0.3) is 0 Å². The van der Waals surface area contributed by atoms with E-state index >= 15 is 0 Å². The Morgan fingerprint density at radius 1 is 1.14 bits per heavy atom. The number of hydrogen-bond acceptors (Lipinski definition) is 4. The van der Waals surface area contributed by atoms with Crippen LogP contribution in [0.1, 0.15) is 71.6 Å². The molecule has 0 bridgehead atoms. The second kappa shape index (κ2) is 10.9. The van der Waals surface area contributed by atoms with E-state index in [2.05, 4.69) is 32.6 Å². The second-order valence-electron chi connectivity index (χ2n) is 11.5. The van der Waals surface area contributed by atoms with E-state index in [4.69, 9.17) is 0 Å². The van der Waals surface area contributed by atoms with E-state index in [1.165, 1.54) is 31.3 Å². The Morgan fingerprint density at radius 2 is 1.89 bits per heavy atom. The summed E-state index contributed by atoms with van der Waals surface area (Å²) in [5.41, 5.74) is 3.54. The van der Waals surface area contributed by atoms with Gasteiger partial charge in [0, 0.05) is 12.2 Å². The van der Waals surface area contributed by atoms with Crippen molar-refractivity contribution in [3.05, 3.63) is 65.8 Å². The van der Waals surface area contributed by atoms with Crippen LogP contribution in [0.15, 0.2) is 70.7 Å². The van der Waals surface area contributed by atoms with Crippen LogP contribution >= 0.6 is 10.6 Å². The van der Waals surface area contributed by atoms with Gasteiger partial charge in [-0.1, -0.05) is 56.4 Å². The van der Waals surface area contributed by atoms with Crippen molar-refractivity contribution in [3.63, 3.8) is 0 Å². The first-order chi connectivity index (χ1) is 16.6. The van der Waals surface area contributed by atoms with Gasteiger partial charge in [-0.25, -0.2) is 0 Å². The van der Waals surface area contributed by atoms with Gasteiger partial charge in [0.15, 0.2) is 0 Å². The third kappa shape index (κ3) is 5.80. The van der Waals surface area contributed by atoms with Gasteiger partial charge in [-0.2, -0.15) is 10.6 Å². The Kier molecular flexibility index (Phi) is 8.34. The smallest absolute Gasteiger partial charge is 0.0811 e. The van der Waals surface area contributed by atoms with Gasteiger partial charge >= 0.3 is 0 Å². The Labute approximate surface area is 213 Å². The molecule has 0 unspecified atom stereocenters. The molecule has 0 saturated heterocycles. The van der Waals surface area contributed by atoms with Crippen molar-refractivity contribution in [2.45, 2.75) is 88.7 Å². The highest BCUT2D eigenvalue weighted by atomic mass is 32.3. The van der Waals surface area contributed by atoms with Crippen LogP contribution in [0.3, 0.4) is 0 Å². The largest absolute Gasteiger partial charge is 0.393 e. The van der Waals surface area contributed by atoms with Gasteiger partial charge in [0.25, 0.3) is 0 Å². The third-order valence-corrected chi connectivity index (χ3v) is 11.1. The van der Waals surface area contributed by atoms with Gasteiger partial charge in [0.1, 0.15) is 0 Å². The summed E-state index contributed by atoms with van der Waals surface area (Å²) in [7, 11) is -2.72. The van der Waals surface area contributed by atoms with Gasteiger partial charge in [0.2, 0.25) is 0 Å². The molecule has 3 fully saturated rings. The minimum Gasteiger partial charge on any atom is -0.393 e. The predicted molar refractivity (Wildman–Crippen MR) is 146 cm³/mol. The molecule has 3 aliphatic carbocycles. The van der Waals surface area contributed by atoms with Crippen LogP contribution in [-0.4, -0.2) is 37.3 Å². The lowest BCUT2D eigenvalue weighted by molar-refractivity contribution is 0.0861. The number of aliphatic hydroxyl groups is 2. The van der Waals surface area contributed by atoms with Crippen molar-refractivity contribution >= 4 is 10.6 Å². The molecule has 4 nitrogen and oxygen atoms in total. The quantitative estimate of drug-likeness (QED) is 0.315. The van der Waals surface area contributed by atoms with Crippen LogP contribution < -0.4 is 0 Å². The SMILES string of the molecule is C=C1/C(=C\C=C2/CCC[C@]3(C)[C@@H]([C@H](C)CCCS(O)(O)c4ccccc4)CC[C@@H]23)C[C@H](O)C[C@H]1O. The molecule has 194 valence electrons. The van der Waals surface area contributed by atoms with Crippen molar-refractivity contribution < 1.29 is 19.3 Å². The fraction of sp³-hybridized carbons (Fsp3) is 0.600. The van der Waals surface area contributed by atoms with Gasteiger partial charge in [-0.15, -0.1) is 0 Å². The summed E-state index contributed by atoms with van der Waals surface area (Å²) in [6.07, 6.45) is 12.1. The highest BCUT2D eigenvalue weighted by molar-refractivity contribution is 8.24. The minimum atomic E-state index is -2.72. The average molecular weight is 501 g/mol. The number of hydrogen-bond donors (Lipinski definition) is 4. The number of aliphatic hydroxyl groups excluding tert-OH is 2. The molecule has 0 aliphatic heterocycles. The van der Waals surface area contributed by atoms with Crippen LogP contribution in [0.5, 0.6) is 0 Å². The summed E-state index contributed by atoms with van der Waals surface area (Å²) in [6, 6.07) is 9.27. The summed E-state index contributed by atoms with van der Waals surface area (Å²) in [5.74, 6) is 2.22. The summed E-state index contributed by atoms with van der Waals surface area (Å²) < 4.78 is 21.3. The van der Waals surface area contributed by atoms with E-state index in [9.17, 15) is 19.3 Å². The maximum absolute atomic E-state index is 10.6. The first-order valence-corrected chi connectivity index (χ1v) is 15.1. The Balaban J connectivity index is 1.40. The van der Waals surface area contributed by atoms with Crippen LogP contribution in [0, 0.1) is 23.2 Å². The topological polar surface area (TPSA) is 80.9 Å². The van der Waals surface area contributed by atoms with Gasteiger partial charge in [-0.3, -0.25) is 9.11 Å². The summed E-state index contributed by atoms with van der Waals surface area (Å²) >= 11 is 0. The molecule has 0 amide bonds. The van der Waals surface area contributed by atoms with Gasteiger partial charge in [-0.05, 0) is 97.8 Å². The molecule has 1 aromatic carbocycles. The maximum Gasteiger partial charge on any atom is 0.0811 e. The molecule has 1 aromatic rings. The van der Waals surface area contributed by atoms with E-state index in [-0.39, 0.29) is 5.41 Å². The fourth-order valence-electron chi connectivity index (χ4n) is 7.24. The summed E-state index contributed by atoms with van der Waals surface area (Å²) in [6.45, 7) is 8.91. The van der Waals surface area contributed by atoms with E-state index in [1.807, 2.05) is 30.3 Å². The lowest BCUT2D eigenvalue weighted by Gasteiger charge is -2.44. The molecule has 0 aromatic heterocycles. The molecular formula is C30H44O4S. The molecule has 6 atom stereocenters. The number of fused-ring (bicyclic) bond motifs is 1. The van der Waals surface area contributed by atoms with Crippen molar-refractivity contribution in [2.75, 3.05) is 5.75 Å². The molecular weight excluding hydrogens is 456 g/mol. The highest BCUT2D eigenvalue weighted by Gasteiger charge is 2.50. The minimum absolute atomic E-state index is 0.284. The zero-order valence-corrected chi connectivity index (χ0v) is 22.2. The maximum atomic E-state index is 10.6. The molecule has 4 rings (SSSR count). The van der Waals surface area contributed by atoms with E-state index in [0.29, 0.717) is 41.2 Å². The zero-order chi connectivity index (χ0) is 25.2. The molecule has 0 radical (unpaired) electrons. The van der Waals surface area contributed by atoms with Crippen LogP contribution in [0.2, 0.25) is 0 Å². The first-order valence-electron chi connectivity index (χ1n) is 13.4. The standard InChI is InChI=1S/C30H44O4S/c1-21(9-8-18-35(33,34)26-11-5-4-6-12-26)27-15-16-28-23(10-7-17-30(27,28)3)13-14-24-19-25(31)20-29(32)22(24)2/h4-6,11-14,21,25,27-29,31-34H,2,7-10,15-20H2,1,3H3/b23-13+,24-14-/t21-,25+,27-,28+,29-,30-/m1/s1. The fourth-order valence-corrected chi connectivity index (χ4v) is 8.64.